The van der Waals surface area contributed by atoms with Gasteiger partial charge in [0.1, 0.15) is 24.9 Å². The molecule has 1 saturated heterocycles. The fourth-order valence-corrected chi connectivity index (χ4v) is 10.5. The third-order valence-electron chi connectivity index (χ3n) is 12.8. The van der Waals surface area contributed by atoms with Crippen LogP contribution in [0.5, 0.6) is 0 Å². The second-order valence-electron chi connectivity index (χ2n) is 14.8. The number of carboxylic acid groups (broad SMARTS) is 2. The van der Waals surface area contributed by atoms with Crippen LogP contribution >= 0.6 is 0 Å². The van der Waals surface area contributed by atoms with Gasteiger partial charge in [0, 0.05) is 6.42 Å². The lowest BCUT2D eigenvalue weighted by Crippen LogP contribution is -2.61. The molecule has 11 nitrogen and oxygen atoms in total. The van der Waals surface area contributed by atoms with Crippen LogP contribution in [0.2, 0.25) is 0 Å². The zero-order valence-corrected chi connectivity index (χ0v) is 25.7. The van der Waals surface area contributed by atoms with Crippen LogP contribution in [0.4, 0.5) is 0 Å². The molecule has 0 bridgehead atoms. The van der Waals surface area contributed by atoms with Crippen LogP contribution in [0.15, 0.2) is 0 Å². The molecule has 0 radical (unpaired) electrons. The Morgan fingerprint density at radius 1 is 0.907 bits per heavy atom. The Hall–Kier alpha value is -1.79. The van der Waals surface area contributed by atoms with Crippen LogP contribution in [-0.2, 0) is 23.9 Å². The molecule has 5 aliphatic rings. The van der Waals surface area contributed by atoms with E-state index in [1.807, 2.05) is 0 Å². The van der Waals surface area contributed by atoms with Crippen molar-refractivity contribution in [3.8, 4) is 0 Å². The standard InChI is InChI=1S/C32H51NO10/c1-16(4-9-23(34)33-15-24(35)36)20-7-8-21-19-6-5-17-14-18(10-12-31(17,2)22(19)11-13-32(20,21)3)42-30-27(39)25(37)26(38)28(43-30)29(40)41/h16-22,25-28,30,37-39H,4-15H2,1-3H3,(H,33,34)(H,35,36)(H,40,41)/t16-,17-,18-,19+,20-,21+,22+,25?,26+,27-,28+,30-,31+,32-/m1/s1. The number of aliphatic carboxylic acids is 2. The van der Waals surface area contributed by atoms with E-state index >= 15 is 0 Å². The molecule has 14 atom stereocenters. The van der Waals surface area contributed by atoms with Crippen molar-refractivity contribution in [1.82, 2.24) is 5.32 Å². The summed E-state index contributed by atoms with van der Waals surface area (Å²) in [5, 5.41) is 51.4. The first-order valence-corrected chi connectivity index (χ1v) is 16.3. The van der Waals surface area contributed by atoms with E-state index in [9.17, 15) is 34.8 Å². The van der Waals surface area contributed by atoms with Crippen LogP contribution in [0, 0.1) is 46.3 Å². The monoisotopic (exact) mass is 609 g/mol. The normalized spacial score (nSPS) is 46.6. The van der Waals surface area contributed by atoms with Crippen molar-refractivity contribution < 1.29 is 49.4 Å². The summed E-state index contributed by atoms with van der Waals surface area (Å²) in [5.41, 5.74) is 0.434. The van der Waals surface area contributed by atoms with Gasteiger partial charge in [0.25, 0.3) is 0 Å². The summed E-state index contributed by atoms with van der Waals surface area (Å²) < 4.78 is 11.5. The smallest absolute Gasteiger partial charge is 0.335 e. The van der Waals surface area contributed by atoms with Gasteiger partial charge in [-0.3, -0.25) is 9.59 Å². The highest BCUT2D eigenvalue weighted by molar-refractivity contribution is 5.81. The Kier molecular flexibility index (Phi) is 9.51. The number of ether oxygens (including phenoxy) is 2. The zero-order chi connectivity index (χ0) is 31.3. The Bertz CT molecular complexity index is 1060. The molecule has 4 saturated carbocycles. The van der Waals surface area contributed by atoms with Crippen molar-refractivity contribution in [2.24, 2.45) is 46.3 Å². The highest BCUT2D eigenvalue weighted by Gasteiger charge is 2.61. The number of rotatable bonds is 9. The molecule has 244 valence electrons. The minimum absolute atomic E-state index is 0.182. The predicted octanol–water partition coefficient (Wildman–Crippen LogP) is 2.54. The van der Waals surface area contributed by atoms with Crippen molar-refractivity contribution in [3.63, 3.8) is 0 Å². The maximum atomic E-state index is 12.2. The second kappa shape index (κ2) is 12.5. The average molecular weight is 610 g/mol. The number of carboxylic acids is 2. The lowest BCUT2D eigenvalue weighted by Gasteiger charge is -2.61. The molecule has 0 aromatic carbocycles. The lowest BCUT2D eigenvalue weighted by atomic mass is 9.44. The van der Waals surface area contributed by atoms with Crippen LogP contribution in [-0.4, -0.2) is 86.7 Å². The molecular weight excluding hydrogens is 558 g/mol. The number of nitrogens with one attached hydrogen (secondary N) is 1. The largest absolute Gasteiger partial charge is 0.480 e. The highest BCUT2D eigenvalue weighted by Crippen LogP contribution is 2.68. The summed E-state index contributed by atoms with van der Waals surface area (Å²) >= 11 is 0. The van der Waals surface area contributed by atoms with Gasteiger partial charge in [-0.25, -0.2) is 4.79 Å². The average Bonchev–Trinajstić information content (AvgIpc) is 3.32. The van der Waals surface area contributed by atoms with E-state index in [0.717, 1.165) is 32.1 Å². The van der Waals surface area contributed by atoms with E-state index in [1.165, 1.54) is 32.1 Å². The quantitative estimate of drug-likeness (QED) is 0.213. The maximum Gasteiger partial charge on any atom is 0.335 e. The summed E-state index contributed by atoms with van der Waals surface area (Å²) in [6, 6.07) is 0. The first kappa shape index (κ1) is 32.6. The third-order valence-corrected chi connectivity index (χ3v) is 12.8. The van der Waals surface area contributed by atoms with Crippen molar-refractivity contribution in [2.75, 3.05) is 6.54 Å². The predicted molar refractivity (Wildman–Crippen MR) is 153 cm³/mol. The molecule has 4 aliphatic carbocycles. The molecule has 11 heteroatoms. The van der Waals surface area contributed by atoms with Gasteiger partial charge < -0.3 is 40.3 Å². The fourth-order valence-electron chi connectivity index (χ4n) is 10.5. The molecule has 0 aromatic heterocycles. The van der Waals surface area contributed by atoms with E-state index < -0.39 is 42.6 Å². The van der Waals surface area contributed by atoms with Crippen molar-refractivity contribution in [1.29, 1.82) is 0 Å². The number of fused-ring (bicyclic) bond motifs is 5. The zero-order valence-electron chi connectivity index (χ0n) is 25.7. The number of aliphatic hydroxyl groups excluding tert-OH is 3. The lowest BCUT2D eigenvalue weighted by molar-refractivity contribution is -0.309. The van der Waals surface area contributed by atoms with Gasteiger partial charge in [0.05, 0.1) is 6.10 Å². The van der Waals surface area contributed by atoms with Gasteiger partial charge in [-0.15, -0.1) is 0 Å². The van der Waals surface area contributed by atoms with E-state index in [1.54, 1.807) is 0 Å². The molecule has 1 amide bonds. The van der Waals surface area contributed by atoms with Crippen molar-refractivity contribution in [3.05, 3.63) is 0 Å². The molecule has 1 heterocycles. The molecule has 5 rings (SSSR count). The maximum absolute atomic E-state index is 12.2. The summed E-state index contributed by atoms with van der Waals surface area (Å²) in [4.78, 5) is 34.4. The first-order valence-electron chi connectivity index (χ1n) is 16.3. The molecular formula is C32H51NO10. The highest BCUT2D eigenvalue weighted by atomic mass is 16.7. The van der Waals surface area contributed by atoms with Crippen LogP contribution < -0.4 is 5.32 Å². The minimum atomic E-state index is -1.73. The molecule has 0 spiro atoms. The van der Waals surface area contributed by atoms with E-state index in [4.69, 9.17) is 14.6 Å². The number of hydrogen-bond acceptors (Lipinski definition) is 8. The summed E-state index contributed by atoms with van der Waals surface area (Å²) in [6.45, 7) is 6.86. The number of carbonyl (C=O) groups is 3. The topological polar surface area (TPSA) is 183 Å². The van der Waals surface area contributed by atoms with Crippen LogP contribution in [0.25, 0.3) is 0 Å². The molecule has 6 N–H and O–H groups in total. The van der Waals surface area contributed by atoms with Gasteiger partial charge >= 0.3 is 11.9 Å². The number of aliphatic hydroxyl groups is 3. The number of hydrogen-bond donors (Lipinski definition) is 6. The molecule has 43 heavy (non-hydrogen) atoms. The van der Waals surface area contributed by atoms with Gasteiger partial charge in [0.15, 0.2) is 12.4 Å². The number of carbonyl (C=O) groups excluding carboxylic acids is 1. The first-order chi connectivity index (χ1) is 20.3. The Labute approximate surface area is 253 Å². The summed E-state index contributed by atoms with van der Waals surface area (Å²) in [5.74, 6) is 0.752. The third kappa shape index (κ3) is 6.09. The molecule has 0 aromatic rings. The van der Waals surface area contributed by atoms with Gasteiger partial charge in [-0.2, -0.15) is 0 Å². The Morgan fingerprint density at radius 3 is 2.30 bits per heavy atom. The molecule has 1 unspecified atom stereocenters. The fraction of sp³-hybridized carbons (Fsp3) is 0.906. The van der Waals surface area contributed by atoms with Gasteiger partial charge in [-0.1, -0.05) is 20.8 Å². The van der Waals surface area contributed by atoms with E-state index in [0.29, 0.717) is 41.9 Å². The van der Waals surface area contributed by atoms with E-state index in [2.05, 4.69) is 26.1 Å². The van der Waals surface area contributed by atoms with Gasteiger partial charge in [0.2, 0.25) is 5.91 Å². The summed E-state index contributed by atoms with van der Waals surface area (Å²) in [7, 11) is 0. The van der Waals surface area contributed by atoms with Gasteiger partial charge in [-0.05, 0) is 111 Å². The van der Waals surface area contributed by atoms with Crippen LogP contribution in [0.1, 0.15) is 91.4 Å². The van der Waals surface area contributed by atoms with E-state index in [-0.39, 0.29) is 29.4 Å². The Morgan fingerprint density at radius 2 is 1.60 bits per heavy atom. The molecule has 5 fully saturated rings. The van der Waals surface area contributed by atoms with Crippen molar-refractivity contribution >= 4 is 17.8 Å². The molecule has 1 aliphatic heterocycles. The summed E-state index contributed by atoms with van der Waals surface area (Å²) in [6.07, 6.45) is 2.64. The second-order valence-corrected chi connectivity index (χ2v) is 14.8. The minimum Gasteiger partial charge on any atom is -0.480 e. The SMILES string of the molecule is C[C@H](CCC(=O)NCC(=O)O)[C@H]1CC[C@H]2[C@@H]3CC[C@@H]4C[C@H](O[C@@H]5O[C@H](C(=O)O)[C@@H](O)C(O)[C@H]5O)CC[C@]4(C)[C@H]3CC[C@]12C. The number of amides is 1. The Balaban J connectivity index is 1.19. The van der Waals surface area contributed by atoms with Crippen molar-refractivity contribution in [2.45, 2.75) is 128 Å². The van der Waals surface area contributed by atoms with Crippen LogP contribution in [0.3, 0.4) is 0 Å².